The van der Waals surface area contributed by atoms with Crippen LogP contribution in [0.3, 0.4) is 0 Å². The van der Waals surface area contributed by atoms with E-state index < -0.39 is 0 Å². The van der Waals surface area contributed by atoms with Crippen molar-refractivity contribution in [3.63, 3.8) is 0 Å². The molecule has 1 heterocycles. The number of aromatic nitrogens is 1. The number of nitrogens with zero attached hydrogens (tertiary/aromatic N) is 3. The van der Waals surface area contributed by atoms with E-state index in [1.807, 2.05) is 37.4 Å². The Labute approximate surface area is 120 Å². The number of rotatable bonds is 5. The first-order chi connectivity index (χ1) is 9.72. The summed E-state index contributed by atoms with van der Waals surface area (Å²) in [5.41, 5.74) is 3.50. The van der Waals surface area contributed by atoms with E-state index in [4.69, 9.17) is 0 Å². The molecule has 0 bridgehead atoms. The number of aryl methyl sites for hydroxylation is 1. The molecule has 0 aliphatic rings. The van der Waals surface area contributed by atoms with Gasteiger partial charge in [-0.15, -0.1) is 0 Å². The fraction of sp³-hybridized carbons (Fsp3) is 0.294. The van der Waals surface area contributed by atoms with E-state index in [0.717, 1.165) is 24.1 Å². The second-order valence-electron chi connectivity index (χ2n) is 4.97. The van der Waals surface area contributed by atoms with Crippen LogP contribution in [0.25, 0.3) is 0 Å². The maximum Gasteiger partial charge on any atom is 0.123 e. The molecule has 0 amide bonds. The Balaban J connectivity index is 2.05. The van der Waals surface area contributed by atoms with Crippen LogP contribution in [0.2, 0.25) is 0 Å². The van der Waals surface area contributed by atoms with Crippen molar-refractivity contribution in [1.29, 1.82) is 5.26 Å². The fourth-order valence-electron chi connectivity index (χ4n) is 2.28. The predicted octanol–water partition coefficient (Wildman–Crippen LogP) is 3.13. The maximum atomic E-state index is 9.47. The molecule has 0 saturated heterocycles. The fourth-order valence-corrected chi connectivity index (χ4v) is 2.28. The normalized spacial score (nSPS) is 12.1. The van der Waals surface area contributed by atoms with Gasteiger partial charge in [-0.25, -0.2) is 0 Å². The van der Waals surface area contributed by atoms with Crippen molar-refractivity contribution >= 4 is 0 Å². The van der Waals surface area contributed by atoms with Gasteiger partial charge in [0.05, 0.1) is 6.07 Å². The standard InChI is InChI=1S/C17H19N3/c1-14-5-3-4-6-16(14)17(13-18)20(2)12-9-15-7-10-19-11-8-15/h3-8,10-11,17H,9,12H2,1-2H3. The minimum Gasteiger partial charge on any atom is -0.287 e. The molecule has 1 atom stereocenters. The minimum atomic E-state index is -0.196. The highest BCUT2D eigenvalue weighted by Crippen LogP contribution is 2.22. The number of nitriles is 1. The zero-order valence-corrected chi connectivity index (χ0v) is 12.0. The van der Waals surface area contributed by atoms with Gasteiger partial charge < -0.3 is 0 Å². The van der Waals surface area contributed by atoms with Gasteiger partial charge in [0.25, 0.3) is 0 Å². The zero-order valence-electron chi connectivity index (χ0n) is 12.0. The van der Waals surface area contributed by atoms with E-state index in [-0.39, 0.29) is 6.04 Å². The highest BCUT2D eigenvalue weighted by atomic mass is 15.1. The van der Waals surface area contributed by atoms with Gasteiger partial charge >= 0.3 is 0 Å². The Morgan fingerprint density at radius 2 is 1.90 bits per heavy atom. The average Bonchev–Trinajstić information content (AvgIpc) is 2.49. The first-order valence-electron chi connectivity index (χ1n) is 6.76. The summed E-state index contributed by atoms with van der Waals surface area (Å²) < 4.78 is 0. The molecule has 2 rings (SSSR count). The first kappa shape index (κ1) is 14.2. The molecule has 0 radical (unpaired) electrons. The zero-order chi connectivity index (χ0) is 14.4. The predicted molar refractivity (Wildman–Crippen MR) is 80.1 cm³/mol. The molecule has 0 aliphatic heterocycles. The molecule has 0 aliphatic carbocycles. The summed E-state index contributed by atoms with van der Waals surface area (Å²) in [7, 11) is 2.00. The summed E-state index contributed by atoms with van der Waals surface area (Å²) in [6, 6.07) is 14.3. The summed E-state index contributed by atoms with van der Waals surface area (Å²) in [5.74, 6) is 0. The molecule has 1 aromatic carbocycles. The summed E-state index contributed by atoms with van der Waals surface area (Å²) in [4.78, 5) is 6.12. The van der Waals surface area contributed by atoms with Crippen molar-refractivity contribution in [3.05, 3.63) is 65.5 Å². The third-order valence-electron chi connectivity index (χ3n) is 3.55. The van der Waals surface area contributed by atoms with Gasteiger partial charge in [-0.3, -0.25) is 9.88 Å². The number of hydrogen-bond acceptors (Lipinski definition) is 3. The van der Waals surface area contributed by atoms with Crippen LogP contribution in [-0.4, -0.2) is 23.5 Å². The SMILES string of the molecule is Cc1ccccc1C(C#N)N(C)CCc1ccncc1. The van der Waals surface area contributed by atoms with Gasteiger partial charge in [-0.2, -0.15) is 5.26 Å². The summed E-state index contributed by atoms with van der Waals surface area (Å²) >= 11 is 0. The molecule has 1 aromatic heterocycles. The molecule has 0 saturated carbocycles. The minimum absolute atomic E-state index is 0.196. The highest BCUT2D eigenvalue weighted by Gasteiger charge is 2.17. The Kier molecular flexibility index (Phi) is 4.86. The summed E-state index contributed by atoms with van der Waals surface area (Å²) in [6.07, 6.45) is 4.53. The van der Waals surface area contributed by atoms with Crippen LogP contribution in [0.4, 0.5) is 0 Å². The monoisotopic (exact) mass is 265 g/mol. The van der Waals surface area contributed by atoms with E-state index in [0.29, 0.717) is 0 Å². The maximum absolute atomic E-state index is 9.47. The first-order valence-corrected chi connectivity index (χ1v) is 6.76. The quantitative estimate of drug-likeness (QED) is 0.834. The van der Waals surface area contributed by atoms with Crippen molar-refractivity contribution in [2.24, 2.45) is 0 Å². The Morgan fingerprint density at radius 3 is 2.55 bits per heavy atom. The molecule has 3 nitrogen and oxygen atoms in total. The van der Waals surface area contributed by atoms with Crippen molar-refractivity contribution in [2.75, 3.05) is 13.6 Å². The van der Waals surface area contributed by atoms with Crippen LogP contribution < -0.4 is 0 Å². The highest BCUT2D eigenvalue weighted by molar-refractivity contribution is 5.32. The lowest BCUT2D eigenvalue weighted by Gasteiger charge is -2.24. The third-order valence-corrected chi connectivity index (χ3v) is 3.55. The topological polar surface area (TPSA) is 39.9 Å². The molecule has 20 heavy (non-hydrogen) atoms. The molecule has 0 spiro atoms. The number of likely N-dealkylation sites (N-methyl/N-ethyl adjacent to an activating group) is 1. The largest absolute Gasteiger partial charge is 0.287 e. The van der Waals surface area contributed by atoms with E-state index in [9.17, 15) is 5.26 Å². The van der Waals surface area contributed by atoms with Crippen molar-refractivity contribution < 1.29 is 0 Å². The summed E-state index contributed by atoms with van der Waals surface area (Å²) in [6.45, 7) is 2.90. The number of hydrogen-bond donors (Lipinski definition) is 0. The Hall–Kier alpha value is -2.18. The van der Waals surface area contributed by atoms with Crippen LogP contribution in [0.5, 0.6) is 0 Å². The van der Waals surface area contributed by atoms with Gasteiger partial charge in [0.2, 0.25) is 0 Å². The number of pyridine rings is 1. The van der Waals surface area contributed by atoms with Crippen LogP contribution in [0.15, 0.2) is 48.8 Å². The van der Waals surface area contributed by atoms with E-state index >= 15 is 0 Å². The second kappa shape index (κ2) is 6.83. The van der Waals surface area contributed by atoms with Crippen LogP contribution >= 0.6 is 0 Å². The average molecular weight is 265 g/mol. The lowest BCUT2D eigenvalue weighted by Crippen LogP contribution is -2.26. The van der Waals surface area contributed by atoms with Gasteiger partial charge in [-0.1, -0.05) is 24.3 Å². The Bertz CT molecular complexity index is 587. The molecular weight excluding hydrogens is 246 g/mol. The number of benzene rings is 1. The second-order valence-corrected chi connectivity index (χ2v) is 4.97. The molecule has 1 unspecified atom stereocenters. The van der Waals surface area contributed by atoms with E-state index in [1.54, 1.807) is 12.4 Å². The lowest BCUT2D eigenvalue weighted by molar-refractivity contribution is 0.294. The summed E-state index contributed by atoms with van der Waals surface area (Å²) in [5, 5.41) is 9.47. The third kappa shape index (κ3) is 3.43. The molecule has 0 fully saturated rings. The van der Waals surface area contributed by atoms with Crippen molar-refractivity contribution in [3.8, 4) is 6.07 Å². The lowest BCUT2D eigenvalue weighted by atomic mass is 10.0. The van der Waals surface area contributed by atoms with E-state index in [2.05, 4.69) is 28.9 Å². The molecule has 2 aromatic rings. The smallest absolute Gasteiger partial charge is 0.123 e. The van der Waals surface area contributed by atoms with Gasteiger partial charge in [0, 0.05) is 18.9 Å². The van der Waals surface area contributed by atoms with Gasteiger partial charge in [0.15, 0.2) is 0 Å². The van der Waals surface area contributed by atoms with Crippen LogP contribution in [0.1, 0.15) is 22.7 Å². The van der Waals surface area contributed by atoms with Gasteiger partial charge in [0.1, 0.15) is 6.04 Å². The van der Waals surface area contributed by atoms with Crippen molar-refractivity contribution in [1.82, 2.24) is 9.88 Å². The van der Waals surface area contributed by atoms with Crippen molar-refractivity contribution in [2.45, 2.75) is 19.4 Å². The van der Waals surface area contributed by atoms with Crippen LogP contribution in [0, 0.1) is 18.3 Å². The molecule has 0 N–H and O–H groups in total. The van der Waals surface area contributed by atoms with Crippen LogP contribution in [-0.2, 0) is 6.42 Å². The van der Waals surface area contributed by atoms with Gasteiger partial charge in [-0.05, 0) is 49.2 Å². The molecule has 102 valence electrons. The Morgan fingerprint density at radius 1 is 1.20 bits per heavy atom. The molecule has 3 heteroatoms. The molecular formula is C17H19N3. The van der Waals surface area contributed by atoms with E-state index in [1.165, 1.54) is 5.56 Å².